The molecule has 1 atom stereocenters. The Morgan fingerprint density at radius 3 is 2.38 bits per heavy atom. The number of β-amino-alcohol motifs (C(OH)–C–C–N with tert-alkyl or cyclic N) is 1. The minimum absolute atomic E-state index is 0.432. The highest BCUT2D eigenvalue weighted by atomic mass is 32.1. The van der Waals surface area contributed by atoms with E-state index in [-0.39, 0.29) is 0 Å². The lowest BCUT2D eigenvalue weighted by Gasteiger charge is -2.39. The molecule has 2 nitrogen and oxygen atoms in total. The van der Waals surface area contributed by atoms with Gasteiger partial charge >= 0.3 is 0 Å². The van der Waals surface area contributed by atoms with Gasteiger partial charge in [0.2, 0.25) is 0 Å². The molecule has 2 rings (SSSR count). The number of thiol groups is 1. The van der Waals surface area contributed by atoms with Crippen molar-refractivity contribution in [1.82, 2.24) is 4.90 Å². The Hall–Kier alpha value is 0.270. The Kier molecular flexibility index (Phi) is 3.87. The molecule has 0 radical (unpaired) electrons. The number of hydrogen-bond acceptors (Lipinski definition) is 3. The van der Waals surface area contributed by atoms with Crippen molar-refractivity contribution in [3.8, 4) is 0 Å². The molecular weight excluding hydrogens is 218 g/mol. The number of likely N-dealkylation sites (tertiary alicyclic amines) is 1. The van der Waals surface area contributed by atoms with Crippen LogP contribution in [0.25, 0.3) is 0 Å². The van der Waals surface area contributed by atoms with Gasteiger partial charge in [-0.05, 0) is 37.4 Å². The lowest BCUT2D eigenvalue weighted by Crippen LogP contribution is -2.41. The maximum absolute atomic E-state index is 9.99. The molecule has 0 spiro atoms. The SMILES string of the molecule is CC1(O)CCN(CC2(CS)CCCCC2)C1. The van der Waals surface area contributed by atoms with E-state index in [4.69, 9.17) is 0 Å². The number of aliphatic hydroxyl groups is 1. The highest BCUT2D eigenvalue weighted by Gasteiger charge is 2.37. The number of hydrogen-bond donors (Lipinski definition) is 2. The van der Waals surface area contributed by atoms with Gasteiger partial charge in [-0.3, -0.25) is 4.90 Å². The normalized spacial score (nSPS) is 35.4. The monoisotopic (exact) mass is 243 g/mol. The van der Waals surface area contributed by atoms with Crippen LogP contribution in [0.15, 0.2) is 0 Å². The average molecular weight is 243 g/mol. The van der Waals surface area contributed by atoms with Crippen molar-refractivity contribution in [2.75, 3.05) is 25.4 Å². The first-order valence-electron chi connectivity index (χ1n) is 6.61. The summed E-state index contributed by atoms with van der Waals surface area (Å²) in [7, 11) is 0. The zero-order chi connectivity index (χ0) is 11.6. The molecule has 0 aromatic rings. The zero-order valence-electron chi connectivity index (χ0n) is 10.4. The summed E-state index contributed by atoms with van der Waals surface area (Å²) in [5, 5.41) is 9.99. The van der Waals surface area contributed by atoms with E-state index in [0.29, 0.717) is 5.41 Å². The first-order valence-corrected chi connectivity index (χ1v) is 7.24. The average Bonchev–Trinajstić information content (AvgIpc) is 2.59. The Balaban J connectivity index is 1.91. The highest BCUT2D eigenvalue weighted by molar-refractivity contribution is 7.80. The Bertz CT molecular complexity index is 236. The fourth-order valence-corrected chi connectivity index (χ4v) is 3.73. The van der Waals surface area contributed by atoms with Crippen molar-refractivity contribution in [3.05, 3.63) is 0 Å². The van der Waals surface area contributed by atoms with Gasteiger partial charge in [0.05, 0.1) is 5.60 Å². The van der Waals surface area contributed by atoms with Gasteiger partial charge in [-0.2, -0.15) is 12.6 Å². The Morgan fingerprint density at radius 2 is 1.88 bits per heavy atom. The van der Waals surface area contributed by atoms with Gasteiger partial charge in [0.1, 0.15) is 0 Å². The second-order valence-electron chi connectivity index (χ2n) is 6.18. The van der Waals surface area contributed by atoms with Gasteiger partial charge in [-0.1, -0.05) is 19.3 Å². The van der Waals surface area contributed by atoms with Crippen LogP contribution >= 0.6 is 12.6 Å². The standard InChI is InChI=1S/C13H25NOS/c1-12(15)7-8-14(9-12)10-13(11-16)5-3-2-4-6-13/h15-16H,2-11H2,1H3. The smallest absolute Gasteiger partial charge is 0.0758 e. The molecule has 1 saturated carbocycles. The molecule has 1 aliphatic carbocycles. The van der Waals surface area contributed by atoms with E-state index in [2.05, 4.69) is 17.5 Å². The van der Waals surface area contributed by atoms with Crippen LogP contribution in [0.4, 0.5) is 0 Å². The van der Waals surface area contributed by atoms with Crippen molar-refractivity contribution >= 4 is 12.6 Å². The molecular formula is C13H25NOS. The molecule has 16 heavy (non-hydrogen) atoms. The molecule has 3 heteroatoms. The summed E-state index contributed by atoms with van der Waals surface area (Å²) >= 11 is 4.58. The molecule has 0 bridgehead atoms. The van der Waals surface area contributed by atoms with E-state index in [1.807, 2.05) is 6.92 Å². The van der Waals surface area contributed by atoms with Crippen molar-refractivity contribution in [2.24, 2.45) is 5.41 Å². The number of nitrogens with zero attached hydrogens (tertiary/aromatic N) is 1. The second-order valence-corrected chi connectivity index (χ2v) is 6.49. The maximum atomic E-state index is 9.99. The zero-order valence-corrected chi connectivity index (χ0v) is 11.3. The van der Waals surface area contributed by atoms with E-state index < -0.39 is 5.60 Å². The molecule has 0 aromatic heterocycles. The summed E-state index contributed by atoms with van der Waals surface area (Å²) in [6, 6.07) is 0. The highest BCUT2D eigenvalue weighted by Crippen LogP contribution is 2.39. The van der Waals surface area contributed by atoms with Crippen molar-refractivity contribution in [1.29, 1.82) is 0 Å². The molecule has 1 aliphatic heterocycles. The van der Waals surface area contributed by atoms with Gasteiger partial charge in [0.25, 0.3) is 0 Å². The van der Waals surface area contributed by atoms with Crippen LogP contribution in [0.5, 0.6) is 0 Å². The van der Waals surface area contributed by atoms with Crippen molar-refractivity contribution in [3.63, 3.8) is 0 Å². The lowest BCUT2D eigenvalue weighted by molar-refractivity contribution is 0.0583. The third-order valence-electron chi connectivity index (χ3n) is 4.34. The molecule has 0 amide bonds. The summed E-state index contributed by atoms with van der Waals surface area (Å²) < 4.78 is 0. The number of rotatable bonds is 3. The van der Waals surface area contributed by atoms with Crippen molar-refractivity contribution < 1.29 is 5.11 Å². The largest absolute Gasteiger partial charge is 0.389 e. The lowest BCUT2D eigenvalue weighted by atomic mass is 9.75. The molecule has 2 fully saturated rings. The van der Waals surface area contributed by atoms with Crippen LogP contribution in [0, 0.1) is 5.41 Å². The van der Waals surface area contributed by atoms with Crippen LogP contribution in [0.1, 0.15) is 45.4 Å². The topological polar surface area (TPSA) is 23.5 Å². The first-order chi connectivity index (χ1) is 7.55. The third-order valence-corrected chi connectivity index (χ3v) is 5.01. The summed E-state index contributed by atoms with van der Waals surface area (Å²) in [6.07, 6.45) is 7.71. The molecule has 1 heterocycles. The van der Waals surface area contributed by atoms with Crippen LogP contribution < -0.4 is 0 Å². The third kappa shape index (κ3) is 2.93. The minimum Gasteiger partial charge on any atom is -0.389 e. The first kappa shape index (κ1) is 12.7. The van der Waals surface area contributed by atoms with Gasteiger partial charge in [0, 0.05) is 19.6 Å². The quantitative estimate of drug-likeness (QED) is 0.743. The second kappa shape index (κ2) is 4.87. The van der Waals surface area contributed by atoms with Gasteiger partial charge in [-0.25, -0.2) is 0 Å². The van der Waals surface area contributed by atoms with Gasteiger partial charge in [-0.15, -0.1) is 0 Å². The molecule has 1 saturated heterocycles. The van der Waals surface area contributed by atoms with E-state index in [1.165, 1.54) is 32.1 Å². The molecule has 0 aromatic carbocycles. The summed E-state index contributed by atoms with van der Waals surface area (Å²) in [5.41, 5.74) is -0.0196. The van der Waals surface area contributed by atoms with E-state index in [1.54, 1.807) is 0 Å². The molecule has 1 N–H and O–H groups in total. The Labute approximate surface area is 105 Å². The predicted molar refractivity (Wildman–Crippen MR) is 71.1 cm³/mol. The molecule has 1 unspecified atom stereocenters. The predicted octanol–water partition coefficient (Wildman–Crippen LogP) is 2.32. The van der Waals surface area contributed by atoms with Crippen LogP contribution in [0.3, 0.4) is 0 Å². The summed E-state index contributed by atoms with van der Waals surface area (Å²) in [4.78, 5) is 2.45. The molecule has 2 aliphatic rings. The van der Waals surface area contributed by atoms with E-state index >= 15 is 0 Å². The van der Waals surface area contributed by atoms with Crippen LogP contribution in [-0.4, -0.2) is 41.0 Å². The van der Waals surface area contributed by atoms with E-state index in [0.717, 1.165) is 31.8 Å². The van der Waals surface area contributed by atoms with Crippen LogP contribution in [0.2, 0.25) is 0 Å². The Morgan fingerprint density at radius 1 is 1.19 bits per heavy atom. The fraction of sp³-hybridized carbons (Fsp3) is 1.00. The summed E-state index contributed by atoms with van der Waals surface area (Å²) in [6.45, 7) is 5.01. The fourth-order valence-electron chi connectivity index (χ4n) is 3.32. The van der Waals surface area contributed by atoms with Crippen molar-refractivity contribution in [2.45, 2.75) is 51.0 Å². The maximum Gasteiger partial charge on any atom is 0.0758 e. The summed E-state index contributed by atoms with van der Waals surface area (Å²) in [5.74, 6) is 1.01. The van der Waals surface area contributed by atoms with Gasteiger partial charge < -0.3 is 5.11 Å². The van der Waals surface area contributed by atoms with Gasteiger partial charge in [0.15, 0.2) is 0 Å². The minimum atomic E-state index is -0.452. The van der Waals surface area contributed by atoms with E-state index in [9.17, 15) is 5.11 Å². The van der Waals surface area contributed by atoms with Crippen LogP contribution in [-0.2, 0) is 0 Å². The molecule has 94 valence electrons.